The topological polar surface area (TPSA) is 62.9 Å². The molecule has 9 heteroatoms. The number of nitrogens with two attached hydrogens (primary N) is 1. The van der Waals surface area contributed by atoms with E-state index in [1.54, 1.807) is 0 Å². The number of hydrogen-bond acceptors (Lipinski definition) is 3. The van der Waals surface area contributed by atoms with Crippen LogP contribution in [0.3, 0.4) is 0 Å². The zero-order valence-corrected chi connectivity index (χ0v) is 17.1. The summed E-state index contributed by atoms with van der Waals surface area (Å²) < 4.78 is 40.1. The smallest absolute Gasteiger partial charge is 0.406 e. The zero-order valence-electron chi connectivity index (χ0n) is 14.8. The lowest BCUT2D eigenvalue weighted by atomic mass is 9.99. The van der Waals surface area contributed by atoms with Crippen LogP contribution >= 0.6 is 24.0 Å². The predicted octanol–water partition coefficient (Wildman–Crippen LogP) is 4.05. The van der Waals surface area contributed by atoms with Crippen LogP contribution in [0.4, 0.5) is 18.9 Å². The lowest BCUT2D eigenvalue weighted by Gasteiger charge is -2.29. The third-order valence-corrected chi connectivity index (χ3v) is 4.15. The van der Waals surface area contributed by atoms with Gasteiger partial charge in [0, 0.05) is 12.2 Å². The number of anilines is 1. The monoisotopic (exact) mass is 486 g/mol. The van der Waals surface area contributed by atoms with Crippen molar-refractivity contribution in [1.82, 2.24) is 4.90 Å². The maximum Gasteiger partial charge on any atom is 0.573 e. The summed E-state index contributed by atoms with van der Waals surface area (Å²) in [7, 11) is 0. The van der Waals surface area contributed by atoms with E-state index in [1.807, 2.05) is 0 Å². The lowest BCUT2D eigenvalue weighted by Crippen LogP contribution is -2.34. The molecule has 1 aliphatic rings. The van der Waals surface area contributed by atoms with Gasteiger partial charge in [0.25, 0.3) is 0 Å². The van der Waals surface area contributed by atoms with Crippen molar-refractivity contribution in [3.05, 3.63) is 24.3 Å². The fraction of sp³-hybridized carbons (Fsp3) is 0.588. The summed E-state index contributed by atoms with van der Waals surface area (Å²) in [5.41, 5.74) is 6.35. The van der Waals surface area contributed by atoms with E-state index in [4.69, 9.17) is 5.73 Å². The van der Waals surface area contributed by atoms with Crippen molar-refractivity contribution in [3.8, 4) is 5.75 Å². The number of aliphatic imine (C=N–C) groups is 1. The van der Waals surface area contributed by atoms with Crippen LogP contribution in [0.15, 0.2) is 29.3 Å². The van der Waals surface area contributed by atoms with E-state index < -0.39 is 6.36 Å². The number of benzene rings is 1. The van der Waals surface area contributed by atoms with Crippen molar-refractivity contribution >= 4 is 35.6 Å². The normalized spacial score (nSPS) is 16.8. The Bertz CT molecular complexity index is 558. The highest BCUT2D eigenvalue weighted by atomic mass is 127. The van der Waals surface area contributed by atoms with E-state index in [1.165, 1.54) is 37.1 Å². The molecule has 1 fully saturated rings. The number of rotatable bonds is 6. The molecule has 1 heterocycles. The molecule has 0 atom stereocenters. The van der Waals surface area contributed by atoms with Crippen LogP contribution in [0.25, 0.3) is 0 Å². The van der Waals surface area contributed by atoms with Gasteiger partial charge in [-0.2, -0.15) is 0 Å². The highest BCUT2D eigenvalue weighted by Gasteiger charge is 2.30. The average molecular weight is 486 g/mol. The molecule has 26 heavy (non-hydrogen) atoms. The minimum absolute atomic E-state index is 0. The number of nitrogens with zero attached hydrogens (tertiary/aromatic N) is 2. The van der Waals surface area contributed by atoms with Crippen LogP contribution in [-0.2, 0) is 0 Å². The van der Waals surface area contributed by atoms with Gasteiger partial charge in [-0.25, -0.2) is 0 Å². The minimum Gasteiger partial charge on any atom is -0.406 e. The first-order chi connectivity index (χ1) is 11.8. The molecule has 5 nitrogen and oxygen atoms in total. The second kappa shape index (κ2) is 10.8. The zero-order chi connectivity index (χ0) is 18.3. The third-order valence-electron chi connectivity index (χ3n) is 4.15. The fourth-order valence-corrected chi connectivity index (χ4v) is 2.71. The first-order valence-corrected chi connectivity index (χ1v) is 8.47. The number of alkyl halides is 3. The third kappa shape index (κ3) is 8.93. The van der Waals surface area contributed by atoms with Gasteiger partial charge in [-0.15, -0.1) is 37.1 Å². The largest absolute Gasteiger partial charge is 0.573 e. The van der Waals surface area contributed by atoms with E-state index in [2.05, 4.69) is 26.9 Å². The molecule has 148 valence electrons. The van der Waals surface area contributed by atoms with Crippen LogP contribution in [0.1, 0.15) is 26.2 Å². The Labute approximate surface area is 169 Å². The molecule has 1 aromatic carbocycles. The number of likely N-dealkylation sites (tertiary alicyclic amines) is 1. The van der Waals surface area contributed by atoms with Crippen LogP contribution in [0.2, 0.25) is 0 Å². The summed E-state index contributed by atoms with van der Waals surface area (Å²) in [6, 6.07) is 5.36. The summed E-state index contributed by atoms with van der Waals surface area (Å²) in [5, 5.41) is 2.85. The summed E-state index contributed by atoms with van der Waals surface area (Å²) in [6.45, 7) is 6.19. The molecular formula is C17H26F3IN4O. The first kappa shape index (κ1) is 22.8. The quantitative estimate of drug-likeness (QED) is 0.276. The number of halogens is 4. The SMILES string of the molecule is CC1CCN(CCCN=C(N)Nc2ccc(OC(F)(F)F)cc2)CC1.I. The van der Waals surface area contributed by atoms with Gasteiger partial charge in [0.05, 0.1) is 0 Å². The average Bonchev–Trinajstić information content (AvgIpc) is 2.54. The van der Waals surface area contributed by atoms with Crippen molar-refractivity contribution in [3.63, 3.8) is 0 Å². The van der Waals surface area contributed by atoms with Crippen LogP contribution in [-0.4, -0.2) is 43.4 Å². The Morgan fingerprint density at radius 3 is 2.46 bits per heavy atom. The number of guanidine groups is 1. The van der Waals surface area contributed by atoms with Gasteiger partial charge in [-0.1, -0.05) is 6.92 Å². The molecule has 1 saturated heterocycles. The fourth-order valence-electron chi connectivity index (χ4n) is 2.71. The van der Waals surface area contributed by atoms with Crippen molar-refractivity contribution in [2.45, 2.75) is 32.5 Å². The molecule has 0 bridgehead atoms. The van der Waals surface area contributed by atoms with E-state index >= 15 is 0 Å². The van der Waals surface area contributed by atoms with Gasteiger partial charge in [0.15, 0.2) is 5.96 Å². The van der Waals surface area contributed by atoms with Gasteiger partial charge >= 0.3 is 6.36 Å². The summed E-state index contributed by atoms with van der Waals surface area (Å²) >= 11 is 0. The maximum atomic E-state index is 12.1. The highest BCUT2D eigenvalue weighted by Crippen LogP contribution is 2.23. The number of nitrogens with one attached hydrogen (secondary N) is 1. The molecule has 1 aromatic rings. The molecule has 1 aliphatic heterocycles. The van der Waals surface area contributed by atoms with Crippen molar-refractivity contribution < 1.29 is 17.9 Å². The Balaban J connectivity index is 0.00000338. The summed E-state index contributed by atoms with van der Waals surface area (Å²) in [6.07, 6.45) is -1.26. The van der Waals surface area contributed by atoms with Crippen LogP contribution in [0, 0.1) is 5.92 Å². The number of hydrogen-bond donors (Lipinski definition) is 2. The summed E-state index contributed by atoms with van der Waals surface area (Å²) in [4.78, 5) is 6.69. The molecule has 0 unspecified atom stereocenters. The van der Waals surface area contributed by atoms with E-state index in [-0.39, 0.29) is 35.7 Å². The molecule has 0 saturated carbocycles. The van der Waals surface area contributed by atoms with E-state index in [9.17, 15) is 13.2 Å². The van der Waals surface area contributed by atoms with Crippen molar-refractivity contribution in [2.75, 3.05) is 31.5 Å². The second-order valence-corrected chi connectivity index (χ2v) is 6.34. The standard InChI is InChI=1S/C17H25F3N4O.HI/c1-13-7-11-24(12-8-13)10-2-9-22-16(21)23-14-3-5-15(6-4-14)25-17(18,19)20;/h3-6,13H,2,7-12H2,1H3,(H3,21,22,23);1H. The Kier molecular flexibility index (Phi) is 9.48. The molecule has 0 amide bonds. The molecule has 0 aromatic heterocycles. The molecular weight excluding hydrogens is 460 g/mol. The van der Waals surface area contributed by atoms with E-state index in [0.717, 1.165) is 32.0 Å². The van der Waals surface area contributed by atoms with Crippen LogP contribution < -0.4 is 15.8 Å². The number of ether oxygens (including phenoxy) is 1. The maximum absolute atomic E-state index is 12.1. The molecule has 0 aliphatic carbocycles. The van der Waals surface area contributed by atoms with Crippen molar-refractivity contribution in [2.24, 2.45) is 16.6 Å². The van der Waals surface area contributed by atoms with Gasteiger partial charge in [0.2, 0.25) is 0 Å². The predicted molar refractivity (Wildman–Crippen MR) is 108 cm³/mol. The first-order valence-electron chi connectivity index (χ1n) is 8.47. The number of piperidine rings is 1. The Hall–Kier alpha value is -1.23. The minimum atomic E-state index is -4.69. The molecule has 3 N–H and O–H groups in total. The van der Waals surface area contributed by atoms with Crippen molar-refractivity contribution in [1.29, 1.82) is 0 Å². The highest BCUT2D eigenvalue weighted by molar-refractivity contribution is 14.0. The van der Waals surface area contributed by atoms with E-state index in [0.29, 0.717) is 12.2 Å². The molecule has 0 spiro atoms. The molecule has 2 rings (SSSR count). The Morgan fingerprint density at radius 1 is 1.27 bits per heavy atom. The lowest BCUT2D eigenvalue weighted by molar-refractivity contribution is -0.274. The molecule has 0 radical (unpaired) electrons. The van der Waals surface area contributed by atoms with Gasteiger partial charge in [-0.05, 0) is 69.1 Å². The Morgan fingerprint density at radius 2 is 1.88 bits per heavy atom. The van der Waals surface area contributed by atoms with Gasteiger partial charge in [0.1, 0.15) is 5.75 Å². The van der Waals surface area contributed by atoms with Gasteiger partial charge in [-0.3, -0.25) is 4.99 Å². The summed E-state index contributed by atoms with van der Waals surface area (Å²) in [5.74, 6) is 0.795. The second-order valence-electron chi connectivity index (χ2n) is 6.34. The van der Waals surface area contributed by atoms with Gasteiger partial charge < -0.3 is 20.7 Å². The van der Waals surface area contributed by atoms with Crippen LogP contribution in [0.5, 0.6) is 5.75 Å².